The number of carbonyl (C=O) groups excluding carboxylic acids is 1. The number of nitrogens with one attached hydrogen (secondary N) is 1. The smallest absolute Gasteiger partial charge is 0.255 e. The molecular weight excluding hydrogens is 399 g/mol. The molecule has 1 amide bonds. The highest BCUT2D eigenvalue weighted by atomic mass is 35.5. The molecule has 9 heteroatoms. The number of amides is 1. The molecule has 0 radical (unpaired) electrons. The van der Waals surface area contributed by atoms with Gasteiger partial charge in [0.15, 0.2) is 0 Å². The lowest BCUT2D eigenvalue weighted by Crippen LogP contribution is -2.38. The van der Waals surface area contributed by atoms with E-state index in [1.807, 2.05) is 4.90 Å². The third-order valence-corrected chi connectivity index (χ3v) is 5.35. The molecule has 7 nitrogen and oxygen atoms in total. The Morgan fingerprint density at radius 1 is 1.34 bits per heavy atom. The van der Waals surface area contributed by atoms with E-state index in [2.05, 4.69) is 9.97 Å². The van der Waals surface area contributed by atoms with E-state index in [1.54, 1.807) is 20.0 Å². The maximum Gasteiger partial charge on any atom is 0.255 e. The molecule has 1 aromatic carbocycles. The van der Waals surface area contributed by atoms with Crippen molar-refractivity contribution in [2.24, 2.45) is 0 Å². The van der Waals surface area contributed by atoms with Gasteiger partial charge in [-0.3, -0.25) is 14.6 Å². The summed E-state index contributed by atoms with van der Waals surface area (Å²) in [5.74, 6) is -0.134. The normalized spacial score (nSPS) is 14.1. The van der Waals surface area contributed by atoms with Crippen LogP contribution in [-0.2, 0) is 22.5 Å². The number of hydrogen-bond acceptors (Lipinski definition) is 5. The summed E-state index contributed by atoms with van der Waals surface area (Å²) in [7, 11) is 1.59. The lowest BCUT2D eigenvalue weighted by Gasteiger charge is -2.27. The molecule has 1 aromatic heterocycles. The van der Waals surface area contributed by atoms with Crippen molar-refractivity contribution in [3.63, 3.8) is 0 Å². The van der Waals surface area contributed by atoms with Crippen molar-refractivity contribution in [1.82, 2.24) is 14.9 Å². The quantitative estimate of drug-likeness (QED) is 0.772. The van der Waals surface area contributed by atoms with Crippen molar-refractivity contribution in [1.29, 1.82) is 0 Å². The summed E-state index contributed by atoms with van der Waals surface area (Å²) in [6.07, 6.45) is 0.372. The van der Waals surface area contributed by atoms with Gasteiger partial charge in [0.1, 0.15) is 5.82 Å². The lowest BCUT2D eigenvalue weighted by atomic mass is 10.1. The van der Waals surface area contributed by atoms with Crippen LogP contribution in [0.5, 0.6) is 0 Å². The standard InChI is InChI=1S/C20H24ClFN4O3/c1-13-14(19(28)24-20(23-13)26-8-10-29-11-9-26)6-7-18(27)25(2)12-15-16(21)4-3-5-17(15)22/h3-5H,6-12H2,1-2H3,(H,23,24,28). The van der Waals surface area contributed by atoms with Crippen molar-refractivity contribution in [2.45, 2.75) is 26.3 Å². The van der Waals surface area contributed by atoms with Crippen LogP contribution < -0.4 is 10.5 Å². The van der Waals surface area contributed by atoms with Gasteiger partial charge >= 0.3 is 0 Å². The highest BCUT2D eigenvalue weighted by molar-refractivity contribution is 6.31. The Morgan fingerprint density at radius 2 is 2.07 bits per heavy atom. The zero-order chi connectivity index (χ0) is 21.0. The SMILES string of the molecule is Cc1nc(N2CCOCC2)[nH]c(=O)c1CCC(=O)N(C)Cc1c(F)cccc1Cl. The number of hydrogen-bond donors (Lipinski definition) is 1. The van der Waals surface area contributed by atoms with Gasteiger partial charge in [0.25, 0.3) is 5.56 Å². The summed E-state index contributed by atoms with van der Waals surface area (Å²) < 4.78 is 19.2. The monoisotopic (exact) mass is 422 g/mol. The fourth-order valence-electron chi connectivity index (χ4n) is 3.25. The van der Waals surface area contributed by atoms with Gasteiger partial charge in [0, 0.05) is 54.9 Å². The molecule has 0 spiro atoms. The number of carbonyl (C=O) groups is 1. The first-order valence-electron chi connectivity index (χ1n) is 9.46. The predicted molar refractivity (Wildman–Crippen MR) is 109 cm³/mol. The molecule has 29 heavy (non-hydrogen) atoms. The van der Waals surface area contributed by atoms with Crippen molar-refractivity contribution in [2.75, 3.05) is 38.3 Å². The molecule has 1 aliphatic heterocycles. The predicted octanol–water partition coefficient (Wildman–Crippen LogP) is 2.30. The number of morpholine rings is 1. The Hall–Kier alpha value is -2.45. The average Bonchev–Trinajstić information content (AvgIpc) is 2.70. The minimum Gasteiger partial charge on any atom is -0.378 e. The highest BCUT2D eigenvalue weighted by Gasteiger charge is 2.18. The topological polar surface area (TPSA) is 78.5 Å². The zero-order valence-electron chi connectivity index (χ0n) is 16.5. The van der Waals surface area contributed by atoms with Gasteiger partial charge in [0.05, 0.1) is 13.2 Å². The van der Waals surface area contributed by atoms with Crippen LogP contribution in [-0.4, -0.2) is 54.1 Å². The molecule has 156 valence electrons. The maximum atomic E-state index is 13.9. The van der Waals surface area contributed by atoms with E-state index in [0.29, 0.717) is 43.5 Å². The molecule has 1 fully saturated rings. The summed E-state index contributed by atoms with van der Waals surface area (Å²) in [5, 5.41) is 0.278. The number of benzene rings is 1. The maximum absolute atomic E-state index is 13.9. The number of rotatable bonds is 6. The number of anilines is 1. The van der Waals surface area contributed by atoms with Crippen LogP contribution in [0.1, 0.15) is 23.2 Å². The van der Waals surface area contributed by atoms with E-state index < -0.39 is 5.82 Å². The Bertz CT molecular complexity index is 924. The van der Waals surface area contributed by atoms with Crippen molar-refractivity contribution in [3.05, 3.63) is 56.2 Å². The van der Waals surface area contributed by atoms with Gasteiger partial charge in [-0.15, -0.1) is 0 Å². The molecule has 0 bridgehead atoms. The van der Waals surface area contributed by atoms with Crippen LogP contribution >= 0.6 is 11.6 Å². The van der Waals surface area contributed by atoms with Crippen LogP contribution in [0.15, 0.2) is 23.0 Å². The Balaban J connectivity index is 1.64. The van der Waals surface area contributed by atoms with Crippen LogP contribution in [0, 0.1) is 12.7 Å². The van der Waals surface area contributed by atoms with E-state index in [9.17, 15) is 14.0 Å². The number of ether oxygens (including phenoxy) is 1. The summed E-state index contributed by atoms with van der Waals surface area (Å²) in [5.41, 5.74) is 1.11. The molecule has 1 saturated heterocycles. The van der Waals surface area contributed by atoms with Gasteiger partial charge in [-0.05, 0) is 25.5 Å². The number of aromatic nitrogens is 2. The number of H-pyrrole nitrogens is 1. The molecular formula is C20H24ClFN4O3. The summed E-state index contributed by atoms with van der Waals surface area (Å²) in [6, 6.07) is 4.42. The van der Waals surface area contributed by atoms with E-state index in [4.69, 9.17) is 16.3 Å². The van der Waals surface area contributed by atoms with Crippen LogP contribution in [0.2, 0.25) is 5.02 Å². The second-order valence-corrected chi connectivity index (χ2v) is 7.41. The van der Waals surface area contributed by atoms with Gasteiger partial charge in [-0.2, -0.15) is 0 Å². The molecule has 0 atom stereocenters. The molecule has 0 unspecified atom stereocenters. The van der Waals surface area contributed by atoms with Gasteiger partial charge in [-0.1, -0.05) is 17.7 Å². The van der Waals surface area contributed by atoms with E-state index >= 15 is 0 Å². The fourth-order valence-corrected chi connectivity index (χ4v) is 3.47. The third-order valence-electron chi connectivity index (χ3n) is 4.99. The van der Waals surface area contributed by atoms with E-state index in [0.717, 1.165) is 0 Å². The molecule has 2 heterocycles. The van der Waals surface area contributed by atoms with Crippen LogP contribution in [0.3, 0.4) is 0 Å². The molecule has 2 aromatic rings. The molecule has 0 saturated carbocycles. The second-order valence-electron chi connectivity index (χ2n) is 7.00. The van der Waals surface area contributed by atoms with E-state index in [-0.39, 0.29) is 41.4 Å². The lowest BCUT2D eigenvalue weighted by molar-refractivity contribution is -0.130. The number of aromatic amines is 1. The van der Waals surface area contributed by atoms with Gasteiger partial charge in [0.2, 0.25) is 11.9 Å². The first-order valence-corrected chi connectivity index (χ1v) is 9.84. The third kappa shape index (κ3) is 5.13. The molecule has 0 aliphatic carbocycles. The molecule has 1 N–H and O–H groups in total. The fraction of sp³-hybridized carbons (Fsp3) is 0.450. The molecule has 3 rings (SSSR count). The zero-order valence-corrected chi connectivity index (χ0v) is 17.3. The van der Waals surface area contributed by atoms with Gasteiger partial charge < -0.3 is 14.5 Å². The summed E-state index contributed by atoms with van der Waals surface area (Å²) in [6.45, 7) is 4.36. The second kappa shape index (κ2) is 9.37. The van der Waals surface area contributed by atoms with E-state index in [1.165, 1.54) is 17.0 Å². The Labute approximate surface area is 173 Å². The Morgan fingerprint density at radius 3 is 2.72 bits per heavy atom. The number of nitrogens with zero attached hydrogens (tertiary/aromatic N) is 3. The summed E-state index contributed by atoms with van der Waals surface area (Å²) >= 11 is 6.03. The number of halogens is 2. The van der Waals surface area contributed by atoms with Crippen molar-refractivity contribution < 1.29 is 13.9 Å². The largest absolute Gasteiger partial charge is 0.378 e. The van der Waals surface area contributed by atoms with Crippen LogP contribution in [0.25, 0.3) is 0 Å². The first-order chi connectivity index (χ1) is 13.9. The van der Waals surface area contributed by atoms with Crippen molar-refractivity contribution in [3.8, 4) is 0 Å². The van der Waals surface area contributed by atoms with Gasteiger partial charge in [-0.25, -0.2) is 9.37 Å². The summed E-state index contributed by atoms with van der Waals surface area (Å²) in [4.78, 5) is 35.7. The highest BCUT2D eigenvalue weighted by Crippen LogP contribution is 2.20. The van der Waals surface area contributed by atoms with Crippen LogP contribution in [0.4, 0.5) is 10.3 Å². The first kappa shape index (κ1) is 21.3. The minimum absolute atomic E-state index is 0.0634. The minimum atomic E-state index is -0.452. The van der Waals surface area contributed by atoms with Crippen molar-refractivity contribution >= 4 is 23.5 Å². The number of aryl methyl sites for hydroxylation is 1. The Kier molecular flexibility index (Phi) is 6.87. The average molecular weight is 423 g/mol. The molecule has 1 aliphatic rings.